The number of rotatable bonds is 4. The second kappa shape index (κ2) is 7.25. The van der Waals surface area contributed by atoms with Crippen molar-refractivity contribution in [3.8, 4) is 0 Å². The van der Waals surface area contributed by atoms with E-state index < -0.39 is 12.1 Å². The fourth-order valence-corrected chi connectivity index (χ4v) is 3.27. The Morgan fingerprint density at radius 2 is 2.07 bits per heavy atom. The summed E-state index contributed by atoms with van der Waals surface area (Å²) >= 11 is 6.02. The molecule has 0 unspecified atom stereocenters. The van der Waals surface area contributed by atoms with Gasteiger partial charge in [-0.25, -0.2) is 9.48 Å². The first kappa shape index (κ1) is 17.3. The van der Waals surface area contributed by atoms with Gasteiger partial charge in [-0.1, -0.05) is 41.9 Å². The molecule has 2 aromatic carbocycles. The topological polar surface area (TPSA) is 73.2 Å². The normalized spacial score (nSPS) is 15.7. The number of halogens is 1. The lowest BCUT2D eigenvalue weighted by Crippen LogP contribution is -2.38. The van der Waals surface area contributed by atoms with Crippen molar-refractivity contribution in [2.75, 3.05) is 5.32 Å². The van der Waals surface area contributed by atoms with Crippen molar-refractivity contribution in [3.63, 3.8) is 0 Å². The summed E-state index contributed by atoms with van der Waals surface area (Å²) in [6, 6.07) is 16.3. The predicted octanol–water partition coefficient (Wildman–Crippen LogP) is 3.31. The third-order valence-electron chi connectivity index (χ3n) is 4.37. The minimum atomic E-state index is -0.873. The van der Waals surface area contributed by atoms with E-state index in [1.165, 1.54) is 0 Å². The first-order valence-electron chi connectivity index (χ1n) is 8.46. The number of fused-ring (bicyclic) bond motifs is 1. The molecule has 4 rings (SSSR count). The molecule has 1 amide bonds. The highest BCUT2D eigenvalue weighted by Crippen LogP contribution is 2.22. The van der Waals surface area contributed by atoms with E-state index >= 15 is 0 Å². The average molecular weight is 382 g/mol. The number of aromatic nitrogens is 2. The number of nitrogens with one attached hydrogen (secondary N) is 1. The molecule has 2 heterocycles. The predicted molar refractivity (Wildman–Crippen MR) is 101 cm³/mol. The Hall–Kier alpha value is -3.12. The maximum absolute atomic E-state index is 12.6. The standard InChI is InChI=1S/C20H16ClN3O3/c21-15-6-3-4-13(10-15)12-24-18(8-9-22-24)23-19(25)17-11-14-5-1-2-7-16(14)20(26)27-17/h1-10,17H,11-12H2,(H,23,25)/t17-/m0/s1. The zero-order chi connectivity index (χ0) is 18.8. The monoisotopic (exact) mass is 381 g/mol. The molecule has 3 aromatic rings. The molecule has 1 aromatic heterocycles. The van der Waals surface area contributed by atoms with E-state index in [2.05, 4.69) is 10.4 Å². The molecule has 27 heavy (non-hydrogen) atoms. The molecular weight excluding hydrogens is 366 g/mol. The number of cyclic esters (lactones) is 1. The Morgan fingerprint density at radius 3 is 2.93 bits per heavy atom. The van der Waals surface area contributed by atoms with Crippen molar-refractivity contribution in [1.82, 2.24) is 9.78 Å². The Bertz CT molecular complexity index is 1010. The lowest BCUT2D eigenvalue weighted by atomic mass is 9.98. The Morgan fingerprint density at radius 1 is 1.22 bits per heavy atom. The maximum atomic E-state index is 12.6. The molecule has 0 radical (unpaired) electrons. The van der Waals surface area contributed by atoms with Crippen molar-refractivity contribution in [2.24, 2.45) is 0 Å². The fraction of sp³-hybridized carbons (Fsp3) is 0.150. The Labute approximate surface area is 160 Å². The summed E-state index contributed by atoms with van der Waals surface area (Å²) in [6.07, 6.45) is 1.07. The number of esters is 1. The van der Waals surface area contributed by atoms with Gasteiger partial charge in [-0.05, 0) is 29.3 Å². The summed E-state index contributed by atoms with van der Waals surface area (Å²) in [6.45, 7) is 0.455. The van der Waals surface area contributed by atoms with Crippen molar-refractivity contribution >= 4 is 29.3 Å². The van der Waals surface area contributed by atoms with Crippen LogP contribution in [0.3, 0.4) is 0 Å². The van der Waals surface area contributed by atoms with Gasteiger partial charge in [-0.3, -0.25) is 4.79 Å². The molecule has 0 aliphatic carbocycles. The largest absolute Gasteiger partial charge is 0.448 e. The smallest absolute Gasteiger partial charge is 0.339 e. The van der Waals surface area contributed by atoms with E-state index in [-0.39, 0.29) is 5.91 Å². The van der Waals surface area contributed by atoms with Crippen molar-refractivity contribution in [2.45, 2.75) is 19.1 Å². The minimum absolute atomic E-state index is 0.343. The van der Waals surface area contributed by atoms with E-state index in [0.29, 0.717) is 29.4 Å². The second-order valence-electron chi connectivity index (χ2n) is 6.25. The lowest BCUT2D eigenvalue weighted by molar-refractivity contribution is -0.125. The molecule has 1 N–H and O–H groups in total. The molecule has 0 saturated carbocycles. The molecule has 0 saturated heterocycles. The van der Waals surface area contributed by atoms with E-state index in [4.69, 9.17) is 16.3 Å². The number of carbonyl (C=O) groups is 2. The van der Waals surface area contributed by atoms with Gasteiger partial charge < -0.3 is 10.1 Å². The molecule has 0 bridgehead atoms. The van der Waals surface area contributed by atoms with E-state index in [1.54, 1.807) is 35.1 Å². The van der Waals surface area contributed by atoms with Gasteiger partial charge in [0.25, 0.3) is 5.91 Å². The highest BCUT2D eigenvalue weighted by molar-refractivity contribution is 6.30. The summed E-state index contributed by atoms with van der Waals surface area (Å²) in [7, 11) is 0. The van der Waals surface area contributed by atoms with Gasteiger partial charge in [-0.15, -0.1) is 0 Å². The highest BCUT2D eigenvalue weighted by Gasteiger charge is 2.31. The van der Waals surface area contributed by atoms with Crippen LogP contribution in [0.25, 0.3) is 0 Å². The first-order chi connectivity index (χ1) is 13.1. The molecule has 1 aliphatic heterocycles. The van der Waals surface area contributed by atoms with Crippen LogP contribution in [0.5, 0.6) is 0 Å². The van der Waals surface area contributed by atoms with Gasteiger partial charge in [0.2, 0.25) is 0 Å². The average Bonchev–Trinajstić information content (AvgIpc) is 3.08. The number of anilines is 1. The maximum Gasteiger partial charge on any atom is 0.339 e. The number of hydrogen-bond donors (Lipinski definition) is 1. The number of carbonyl (C=O) groups excluding carboxylic acids is 2. The molecule has 7 heteroatoms. The van der Waals surface area contributed by atoms with Crippen LogP contribution in [0, 0.1) is 0 Å². The van der Waals surface area contributed by atoms with Crippen molar-refractivity contribution < 1.29 is 14.3 Å². The van der Waals surface area contributed by atoms with Crippen LogP contribution >= 0.6 is 11.6 Å². The third kappa shape index (κ3) is 3.71. The zero-order valence-electron chi connectivity index (χ0n) is 14.3. The molecule has 136 valence electrons. The molecule has 1 atom stereocenters. The van der Waals surface area contributed by atoms with Gasteiger partial charge >= 0.3 is 5.97 Å². The van der Waals surface area contributed by atoms with Gasteiger partial charge in [-0.2, -0.15) is 5.10 Å². The number of hydrogen-bond acceptors (Lipinski definition) is 4. The van der Waals surface area contributed by atoms with Crippen molar-refractivity contribution in [1.29, 1.82) is 0 Å². The van der Waals surface area contributed by atoms with Gasteiger partial charge in [0.1, 0.15) is 5.82 Å². The van der Waals surface area contributed by atoms with E-state index in [9.17, 15) is 9.59 Å². The van der Waals surface area contributed by atoms with Crippen LogP contribution in [-0.2, 0) is 22.5 Å². The number of benzene rings is 2. The minimum Gasteiger partial charge on any atom is -0.448 e. The van der Waals surface area contributed by atoms with Crippen LogP contribution in [0.1, 0.15) is 21.5 Å². The van der Waals surface area contributed by atoms with Crippen molar-refractivity contribution in [3.05, 3.63) is 82.5 Å². The van der Waals surface area contributed by atoms with Crippen LogP contribution in [0.15, 0.2) is 60.8 Å². The number of ether oxygens (including phenoxy) is 1. The summed E-state index contributed by atoms with van der Waals surface area (Å²) in [5, 5.41) is 7.68. The Balaban J connectivity index is 1.48. The molecule has 0 fully saturated rings. The van der Waals surface area contributed by atoms with Crippen LogP contribution in [0.4, 0.5) is 5.82 Å². The van der Waals surface area contributed by atoms with Gasteiger partial charge in [0.15, 0.2) is 6.10 Å². The summed E-state index contributed by atoms with van der Waals surface area (Å²) < 4.78 is 6.95. The number of nitrogens with zero attached hydrogens (tertiary/aromatic N) is 2. The highest BCUT2D eigenvalue weighted by atomic mass is 35.5. The van der Waals surface area contributed by atoms with Gasteiger partial charge in [0.05, 0.1) is 18.3 Å². The summed E-state index contributed by atoms with van der Waals surface area (Å²) in [5.74, 6) is -0.343. The van der Waals surface area contributed by atoms with Crippen LogP contribution in [-0.4, -0.2) is 27.8 Å². The third-order valence-corrected chi connectivity index (χ3v) is 4.61. The van der Waals surface area contributed by atoms with Crippen LogP contribution in [0.2, 0.25) is 5.02 Å². The Kier molecular flexibility index (Phi) is 4.64. The quantitative estimate of drug-likeness (QED) is 0.704. The fourth-order valence-electron chi connectivity index (χ4n) is 3.06. The lowest BCUT2D eigenvalue weighted by Gasteiger charge is -2.23. The zero-order valence-corrected chi connectivity index (χ0v) is 15.0. The first-order valence-corrected chi connectivity index (χ1v) is 8.84. The van der Waals surface area contributed by atoms with Gasteiger partial charge in [0, 0.05) is 17.5 Å². The summed E-state index contributed by atoms with van der Waals surface area (Å²) in [4.78, 5) is 24.7. The molecular formula is C20H16ClN3O3. The van der Waals surface area contributed by atoms with E-state index in [0.717, 1.165) is 11.1 Å². The van der Waals surface area contributed by atoms with Crippen LogP contribution < -0.4 is 5.32 Å². The second-order valence-corrected chi connectivity index (χ2v) is 6.68. The molecule has 1 aliphatic rings. The SMILES string of the molecule is O=C1O[C@H](C(=O)Nc2ccnn2Cc2cccc(Cl)c2)Cc2ccccc21. The number of amides is 1. The van der Waals surface area contributed by atoms with E-state index in [1.807, 2.05) is 30.3 Å². The molecule has 6 nitrogen and oxygen atoms in total. The molecule has 0 spiro atoms. The summed E-state index contributed by atoms with van der Waals surface area (Å²) in [5.41, 5.74) is 2.27.